The van der Waals surface area contributed by atoms with Gasteiger partial charge in [0, 0.05) is 8.07 Å². The molecule has 0 amide bonds. The van der Waals surface area contributed by atoms with Crippen molar-refractivity contribution in [2.75, 3.05) is 0 Å². The summed E-state index contributed by atoms with van der Waals surface area (Å²) in [5, 5.41) is 0. The van der Waals surface area contributed by atoms with Gasteiger partial charge in [0.1, 0.15) is 6.10 Å². The largest absolute Gasteiger partial charge is 0.490 e. The number of hydrogen-bond acceptors (Lipinski definition) is 2. The third-order valence-electron chi connectivity index (χ3n) is 3.40. The van der Waals surface area contributed by atoms with Crippen LogP contribution in [0.25, 0.3) is 0 Å². The number of halogens is 3. The third kappa shape index (κ3) is 4.33. The second-order valence-electron chi connectivity index (χ2n) is 5.74. The fourth-order valence-corrected chi connectivity index (χ4v) is 4.33. The standard InChI is InChI=1S/C11H19F3O2Si/c1-17(2,3)9-6-4-8(5-7-9)16-10(15)11(12,13)14/h8-9H,4-7H2,1-3H3. The molecule has 0 radical (unpaired) electrons. The Bertz CT molecular complexity index is 275. The highest BCUT2D eigenvalue weighted by Gasteiger charge is 2.43. The minimum Gasteiger partial charge on any atom is -0.456 e. The first-order valence-corrected chi connectivity index (χ1v) is 9.46. The maximum atomic E-state index is 12.0. The molecule has 6 heteroatoms. The zero-order chi connectivity index (χ0) is 13.3. The van der Waals surface area contributed by atoms with Crippen LogP contribution in [-0.4, -0.2) is 26.3 Å². The summed E-state index contributed by atoms with van der Waals surface area (Å²) in [6.45, 7) is 6.79. The molecule has 0 bridgehead atoms. The lowest BCUT2D eigenvalue weighted by Gasteiger charge is -2.35. The molecule has 0 atom stereocenters. The highest BCUT2D eigenvalue weighted by molar-refractivity contribution is 6.77. The fourth-order valence-electron chi connectivity index (χ4n) is 2.26. The minimum absolute atomic E-state index is 0.545. The zero-order valence-electron chi connectivity index (χ0n) is 10.4. The fraction of sp³-hybridized carbons (Fsp3) is 0.909. The van der Waals surface area contributed by atoms with Gasteiger partial charge in [-0.2, -0.15) is 13.2 Å². The molecule has 0 aromatic carbocycles. The van der Waals surface area contributed by atoms with Gasteiger partial charge in [0.15, 0.2) is 0 Å². The van der Waals surface area contributed by atoms with Gasteiger partial charge in [-0.05, 0) is 31.2 Å². The normalized spacial score (nSPS) is 26.7. The van der Waals surface area contributed by atoms with Gasteiger partial charge in [-0.3, -0.25) is 0 Å². The average molecular weight is 268 g/mol. The molecule has 100 valence electrons. The van der Waals surface area contributed by atoms with Gasteiger partial charge in [-0.15, -0.1) is 0 Å². The van der Waals surface area contributed by atoms with Crippen molar-refractivity contribution in [3.63, 3.8) is 0 Å². The van der Waals surface area contributed by atoms with Crippen LogP contribution in [0.3, 0.4) is 0 Å². The van der Waals surface area contributed by atoms with Crippen molar-refractivity contribution in [2.45, 2.75) is 63.1 Å². The summed E-state index contributed by atoms with van der Waals surface area (Å²) in [5.74, 6) is -2.05. The summed E-state index contributed by atoms with van der Waals surface area (Å²) in [6.07, 6.45) is -2.52. The van der Waals surface area contributed by atoms with Crippen molar-refractivity contribution in [1.29, 1.82) is 0 Å². The van der Waals surface area contributed by atoms with Gasteiger partial charge in [0.05, 0.1) is 0 Å². The van der Waals surface area contributed by atoms with Crippen molar-refractivity contribution in [2.24, 2.45) is 0 Å². The monoisotopic (exact) mass is 268 g/mol. The third-order valence-corrected chi connectivity index (χ3v) is 6.43. The van der Waals surface area contributed by atoms with Crippen molar-refractivity contribution in [3.8, 4) is 0 Å². The maximum absolute atomic E-state index is 12.0. The quantitative estimate of drug-likeness (QED) is 0.563. The van der Waals surface area contributed by atoms with Crippen molar-refractivity contribution < 1.29 is 22.7 Å². The molecular weight excluding hydrogens is 249 g/mol. The summed E-state index contributed by atoms with van der Waals surface area (Å²) in [6, 6.07) is 0. The van der Waals surface area contributed by atoms with E-state index in [1.54, 1.807) is 0 Å². The van der Waals surface area contributed by atoms with Gasteiger partial charge in [-0.1, -0.05) is 19.6 Å². The van der Waals surface area contributed by atoms with Crippen LogP contribution in [-0.2, 0) is 9.53 Å². The summed E-state index contributed by atoms with van der Waals surface area (Å²) >= 11 is 0. The molecule has 1 rings (SSSR count). The van der Waals surface area contributed by atoms with E-state index in [0.717, 1.165) is 12.8 Å². The Hall–Kier alpha value is -0.523. The lowest BCUT2D eigenvalue weighted by Crippen LogP contribution is -2.36. The molecule has 0 heterocycles. The first-order chi connectivity index (χ1) is 7.60. The topological polar surface area (TPSA) is 26.3 Å². The molecular formula is C11H19F3O2Si. The van der Waals surface area contributed by atoms with Crippen molar-refractivity contribution in [3.05, 3.63) is 0 Å². The number of hydrogen-bond donors (Lipinski definition) is 0. The Kier molecular flexibility index (Phi) is 4.27. The van der Waals surface area contributed by atoms with Gasteiger partial charge in [0.25, 0.3) is 0 Å². The van der Waals surface area contributed by atoms with Crippen LogP contribution in [0, 0.1) is 0 Å². The van der Waals surface area contributed by atoms with E-state index in [1.807, 2.05) is 0 Å². The number of esters is 1. The second kappa shape index (κ2) is 5.00. The summed E-state index contributed by atoms with van der Waals surface area (Å²) in [5.41, 5.74) is 0.628. The lowest BCUT2D eigenvalue weighted by atomic mass is 9.97. The Labute approximate surface area is 101 Å². The Morgan fingerprint density at radius 3 is 1.94 bits per heavy atom. The van der Waals surface area contributed by atoms with Crippen LogP contribution in [0.15, 0.2) is 0 Å². The molecule has 0 saturated heterocycles. The molecule has 0 unspecified atom stereocenters. The predicted molar refractivity (Wildman–Crippen MR) is 61.5 cm³/mol. The van der Waals surface area contributed by atoms with Crippen molar-refractivity contribution >= 4 is 14.0 Å². The molecule has 1 saturated carbocycles. The minimum atomic E-state index is -4.87. The number of carbonyl (C=O) groups is 1. The van der Waals surface area contributed by atoms with E-state index in [2.05, 4.69) is 24.4 Å². The zero-order valence-corrected chi connectivity index (χ0v) is 11.4. The molecule has 17 heavy (non-hydrogen) atoms. The highest BCUT2D eigenvalue weighted by atomic mass is 28.3. The Morgan fingerprint density at radius 2 is 1.59 bits per heavy atom. The Balaban J connectivity index is 2.41. The molecule has 1 aliphatic carbocycles. The molecule has 2 nitrogen and oxygen atoms in total. The summed E-state index contributed by atoms with van der Waals surface area (Å²) < 4.78 is 40.5. The molecule has 0 aromatic rings. The smallest absolute Gasteiger partial charge is 0.456 e. The Morgan fingerprint density at radius 1 is 1.12 bits per heavy atom. The van der Waals surface area contributed by atoms with Crippen LogP contribution >= 0.6 is 0 Å². The number of ether oxygens (including phenoxy) is 1. The van der Waals surface area contributed by atoms with E-state index in [4.69, 9.17) is 0 Å². The number of carbonyl (C=O) groups excluding carboxylic acids is 1. The van der Waals surface area contributed by atoms with E-state index in [9.17, 15) is 18.0 Å². The lowest BCUT2D eigenvalue weighted by molar-refractivity contribution is -0.206. The molecule has 0 aromatic heterocycles. The number of alkyl halides is 3. The van der Waals surface area contributed by atoms with E-state index < -0.39 is 26.3 Å². The molecule has 1 fully saturated rings. The second-order valence-corrected chi connectivity index (χ2v) is 11.3. The number of rotatable bonds is 2. The summed E-state index contributed by atoms with van der Waals surface area (Å²) in [4.78, 5) is 10.7. The van der Waals surface area contributed by atoms with Crippen LogP contribution in [0.1, 0.15) is 25.7 Å². The van der Waals surface area contributed by atoms with Gasteiger partial charge < -0.3 is 4.74 Å². The van der Waals surface area contributed by atoms with Crippen LogP contribution in [0.2, 0.25) is 25.2 Å². The maximum Gasteiger partial charge on any atom is 0.490 e. The van der Waals surface area contributed by atoms with Crippen LogP contribution < -0.4 is 0 Å². The highest BCUT2D eigenvalue weighted by Crippen LogP contribution is 2.38. The molecule has 0 aliphatic heterocycles. The van der Waals surface area contributed by atoms with Crippen molar-refractivity contribution in [1.82, 2.24) is 0 Å². The van der Waals surface area contributed by atoms with Gasteiger partial charge >= 0.3 is 12.1 Å². The van der Waals surface area contributed by atoms with Crippen LogP contribution in [0.5, 0.6) is 0 Å². The summed E-state index contributed by atoms with van der Waals surface area (Å²) in [7, 11) is -1.23. The van der Waals surface area contributed by atoms with E-state index in [-0.39, 0.29) is 0 Å². The SMILES string of the molecule is C[Si](C)(C)C1CCC(OC(=O)C(F)(F)F)CC1. The van der Waals surface area contributed by atoms with E-state index in [0.29, 0.717) is 18.4 Å². The first kappa shape index (κ1) is 14.5. The van der Waals surface area contributed by atoms with Gasteiger partial charge in [0.2, 0.25) is 0 Å². The molecule has 0 spiro atoms. The average Bonchev–Trinajstić information content (AvgIpc) is 2.15. The van der Waals surface area contributed by atoms with Gasteiger partial charge in [-0.25, -0.2) is 4.79 Å². The van der Waals surface area contributed by atoms with E-state index in [1.165, 1.54) is 0 Å². The molecule has 0 N–H and O–H groups in total. The molecule has 1 aliphatic rings. The van der Waals surface area contributed by atoms with Crippen LogP contribution in [0.4, 0.5) is 13.2 Å². The van der Waals surface area contributed by atoms with E-state index >= 15 is 0 Å². The first-order valence-electron chi connectivity index (χ1n) is 5.88. The predicted octanol–water partition coefficient (Wildman–Crippen LogP) is 3.74.